The van der Waals surface area contributed by atoms with Crippen LogP contribution in [0.2, 0.25) is 0 Å². The molecule has 1 aromatic rings. The molecule has 1 aromatic carbocycles. The minimum Gasteiger partial charge on any atom is -0.118 e. The number of halogens is 1. The molecule has 0 saturated carbocycles. The minimum absolute atomic E-state index is 0.103. The van der Waals surface area contributed by atoms with Gasteiger partial charge in [-0.25, -0.2) is 0 Å². The number of benzene rings is 1. The van der Waals surface area contributed by atoms with Gasteiger partial charge in [0.25, 0.3) is 0 Å². The fraction of sp³-hybridized carbons (Fsp3) is 0.878. The second kappa shape index (κ2) is 34.3. The van der Waals surface area contributed by atoms with E-state index in [1.807, 2.05) is 0 Å². The molecule has 1 unspecified atom stereocenters. The molecule has 0 N–H and O–H groups in total. The molecular weight excluding hydrogens is 624 g/mol. The number of hydrogen-bond acceptors (Lipinski definition) is 0. The number of hydrogen-bond donors (Lipinski definition) is 0. The molecule has 50 heavy (non-hydrogen) atoms. The Hall–Kier alpha value is -0.490. The predicted molar refractivity (Wildman–Crippen MR) is 231 cm³/mol. The van der Waals surface area contributed by atoms with Gasteiger partial charge in [0.1, 0.15) is 0 Å². The van der Waals surface area contributed by atoms with Crippen LogP contribution in [0.25, 0.3) is 0 Å². The molecule has 1 heteroatoms. The van der Waals surface area contributed by atoms with Gasteiger partial charge in [-0.1, -0.05) is 207 Å². The predicted octanol–water partition coefficient (Wildman–Crippen LogP) is 18.0. The van der Waals surface area contributed by atoms with Crippen molar-refractivity contribution in [2.45, 2.75) is 278 Å². The molecule has 1 rings (SSSR count). The Bertz CT molecular complexity index is 882. The molecule has 0 saturated heterocycles. The average molecular weight is 716 g/mol. The molecular formula is C49H91Cl. The van der Waals surface area contributed by atoms with Crippen LogP contribution in [-0.4, -0.2) is 0 Å². The van der Waals surface area contributed by atoms with Gasteiger partial charge in [-0.15, -0.1) is 11.6 Å². The molecule has 0 spiro atoms. The van der Waals surface area contributed by atoms with E-state index in [1.165, 1.54) is 231 Å². The highest BCUT2D eigenvalue weighted by atomic mass is 35.5. The van der Waals surface area contributed by atoms with E-state index >= 15 is 0 Å². The number of alkyl halides is 1. The third-order valence-electron chi connectivity index (χ3n) is 11.8. The van der Waals surface area contributed by atoms with E-state index < -0.39 is 0 Å². The van der Waals surface area contributed by atoms with Crippen molar-refractivity contribution in [3.05, 3.63) is 33.4 Å². The summed E-state index contributed by atoms with van der Waals surface area (Å²) in [6.07, 6.45) is 49.9. The molecule has 0 radical (unpaired) electrons. The van der Waals surface area contributed by atoms with E-state index in [2.05, 4.69) is 41.5 Å². The van der Waals surface area contributed by atoms with Gasteiger partial charge in [0, 0.05) is 0 Å². The van der Waals surface area contributed by atoms with Gasteiger partial charge in [-0.3, -0.25) is 0 Å². The summed E-state index contributed by atoms with van der Waals surface area (Å²) in [5.41, 5.74) is 10.1. The molecule has 0 heterocycles. The summed E-state index contributed by atoms with van der Waals surface area (Å²) in [6, 6.07) is 0. The zero-order chi connectivity index (χ0) is 36.5. The molecule has 0 aliphatic carbocycles. The third-order valence-corrected chi connectivity index (χ3v) is 12.0. The van der Waals surface area contributed by atoms with Gasteiger partial charge < -0.3 is 0 Å². The zero-order valence-corrected chi connectivity index (χ0v) is 36.2. The molecule has 0 aliphatic rings. The Morgan fingerprint density at radius 3 is 0.820 bits per heavy atom. The quantitative estimate of drug-likeness (QED) is 0.0475. The summed E-state index contributed by atoms with van der Waals surface area (Å²) >= 11 is 7.21. The summed E-state index contributed by atoms with van der Waals surface area (Å²) in [5.74, 6) is 0. The highest BCUT2D eigenvalue weighted by Gasteiger charge is 2.23. The van der Waals surface area contributed by atoms with Gasteiger partial charge in [-0.2, -0.15) is 0 Å². The lowest BCUT2D eigenvalue weighted by Gasteiger charge is -2.27. The second-order valence-electron chi connectivity index (χ2n) is 16.5. The number of rotatable bonds is 37. The molecule has 294 valence electrons. The lowest BCUT2D eigenvalue weighted by atomic mass is 9.79. The van der Waals surface area contributed by atoms with Crippen LogP contribution in [0.3, 0.4) is 0 Å². The maximum absolute atomic E-state index is 7.21. The lowest BCUT2D eigenvalue weighted by molar-refractivity contribution is 0.563. The van der Waals surface area contributed by atoms with Crippen LogP contribution in [-0.2, 0) is 25.7 Å². The largest absolute Gasteiger partial charge is 0.118 e. The molecule has 0 fully saturated rings. The molecule has 0 aliphatic heterocycles. The molecule has 1 atom stereocenters. The maximum Gasteiger partial charge on any atom is 0.0562 e. The summed E-state index contributed by atoms with van der Waals surface area (Å²) in [5, 5.41) is 0.103. The van der Waals surface area contributed by atoms with Crippen LogP contribution in [0.5, 0.6) is 0 Å². The summed E-state index contributed by atoms with van der Waals surface area (Å²) in [6.45, 7) is 14.1. The highest BCUT2D eigenvalue weighted by Crippen LogP contribution is 2.38. The molecule has 0 nitrogen and oxygen atoms in total. The lowest BCUT2D eigenvalue weighted by Crippen LogP contribution is -2.14. The molecule has 0 aromatic heterocycles. The van der Waals surface area contributed by atoms with Crippen molar-refractivity contribution in [2.75, 3.05) is 0 Å². The van der Waals surface area contributed by atoms with E-state index in [1.54, 1.807) is 33.4 Å². The van der Waals surface area contributed by atoms with E-state index in [-0.39, 0.29) is 5.38 Å². The average Bonchev–Trinajstić information content (AvgIpc) is 3.10. The molecule has 0 bridgehead atoms. The molecule has 0 amide bonds. The third kappa shape index (κ3) is 22.5. The summed E-state index contributed by atoms with van der Waals surface area (Å²) in [7, 11) is 0. The van der Waals surface area contributed by atoms with Crippen LogP contribution >= 0.6 is 11.6 Å². The van der Waals surface area contributed by atoms with Crippen LogP contribution in [0.4, 0.5) is 0 Å². The Kier molecular flexibility index (Phi) is 32.6. The van der Waals surface area contributed by atoms with Crippen LogP contribution in [0.1, 0.15) is 279 Å². The van der Waals surface area contributed by atoms with Crippen molar-refractivity contribution in [3.8, 4) is 0 Å². The minimum atomic E-state index is 0.103. The maximum atomic E-state index is 7.21. The van der Waals surface area contributed by atoms with Gasteiger partial charge in [0.05, 0.1) is 5.38 Å². The standard InChI is InChI=1S/C49H91Cl/c1-7-11-15-19-23-27-31-35-39-45-43(5)49(44(6)50)48(42-38-34-30-26-22-18-14-10-4)47(41-37-33-29-25-21-17-13-9-3)46(45)40-36-32-28-24-20-16-12-8-2/h44H,7-42H2,1-6H3. The Morgan fingerprint density at radius 1 is 0.320 bits per heavy atom. The van der Waals surface area contributed by atoms with Gasteiger partial charge in [-0.05, 0) is 98.6 Å². The van der Waals surface area contributed by atoms with E-state index in [9.17, 15) is 0 Å². The second-order valence-corrected chi connectivity index (χ2v) is 17.1. The Morgan fingerprint density at radius 2 is 0.540 bits per heavy atom. The Labute approximate surface area is 321 Å². The van der Waals surface area contributed by atoms with E-state index in [0.717, 1.165) is 0 Å². The SMILES string of the molecule is CCCCCCCCCCc1c(C)c(C(C)Cl)c(CCCCCCCCCC)c(CCCCCCCCCC)c1CCCCCCCCCC. The van der Waals surface area contributed by atoms with Crippen LogP contribution < -0.4 is 0 Å². The first-order chi connectivity index (χ1) is 24.5. The first kappa shape index (κ1) is 47.5. The normalized spacial score (nSPS) is 12.3. The number of unbranched alkanes of at least 4 members (excludes halogenated alkanes) is 28. The Balaban J connectivity index is 3.23. The first-order valence-electron chi connectivity index (χ1n) is 23.3. The van der Waals surface area contributed by atoms with Crippen LogP contribution in [0, 0.1) is 6.92 Å². The van der Waals surface area contributed by atoms with Crippen molar-refractivity contribution in [1.82, 2.24) is 0 Å². The zero-order valence-electron chi connectivity index (χ0n) is 35.4. The fourth-order valence-electron chi connectivity index (χ4n) is 8.65. The van der Waals surface area contributed by atoms with Gasteiger partial charge in [0.2, 0.25) is 0 Å². The van der Waals surface area contributed by atoms with Crippen molar-refractivity contribution in [2.24, 2.45) is 0 Å². The van der Waals surface area contributed by atoms with Gasteiger partial charge >= 0.3 is 0 Å². The summed E-state index contributed by atoms with van der Waals surface area (Å²) in [4.78, 5) is 0. The van der Waals surface area contributed by atoms with Gasteiger partial charge in [0.15, 0.2) is 0 Å². The van der Waals surface area contributed by atoms with E-state index in [4.69, 9.17) is 11.6 Å². The van der Waals surface area contributed by atoms with Crippen LogP contribution in [0.15, 0.2) is 0 Å². The van der Waals surface area contributed by atoms with E-state index in [0.29, 0.717) is 0 Å². The van der Waals surface area contributed by atoms with Crippen molar-refractivity contribution >= 4 is 11.6 Å². The first-order valence-corrected chi connectivity index (χ1v) is 23.8. The fourth-order valence-corrected chi connectivity index (χ4v) is 8.95. The van der Waals surface area contributed by atoms with Crippen molar-refractivity contribution in [3.63, 3.8) is 0 Å². The monoisotopic (exact) mass is 715 g/mol. The van der Waals surface area contributed by atoms with Crippen molar-refractivity contribution in [1.29, 1.82) is 0 Å². The summed E-state index contributed by atoms with van der Waals surface area (Å²) < 4.78 is 0. The smallest absolute Gasteiger partial charge is 0.0562 e. The highest BCUT2D eigenvalue weighted by molar-refractivity contribution is 6.20. The van der Waals surface area contributed by atoms with Crippen molar-refractivity contribution < 1.29 is 0 Å². The topological polar surface area (TPSA) is 0 Å².